The van der Waals surface area contributed by atoms with Crippen LogP contribution in [0.4, 0.5) is 0 Å². The number of rotatable bonds is 4. The largest absolute Gasteiger partial charge is 0.224 e. The molecule has 2 nitrogen and oxygen atoms in total. The van der Waals surface area contributed by atoms with Crippen LogP contribution in [0.2, 0.25) is 0 Å². The van der Waals surface area contributed by atoms with Crippen LogP contribution in [-0.4, -0.2) is 22.0 Å². The quantitative estimate of drug-likeness (QED) is 0.795. The van der Waals surface area contributed by atoms with Gasteiger partial charge < -0.3 is 0 Å². The molecule has 0 heterocycles. The van der Waals surface area contributed by atoms with Gasteiger partial charge in [-0.15, -0.1) is 0 Å². The van der Waals surface area contributed by atoms with E-state index in [9.17, 15) is 8.42 Å². The van der Waals surface area contributed by atoms with Crippen LogP contribution in [0.25, 0.3) is 0 Å². The lowest BCUT2D eigenvalue weighted by Gasteiger charge is -2.06. The zero-order valence-corrected chi connectivity index (χ0v) is 11.4. The van der Waals surface area contributed by atoms with E-state index < -0.39 is 9.84 Å². The molecule has 0 amide bonds. The van der Waals surface area contributed by atoms with Crippen LogP contribution >= 0.6 is 0 Å². The standard InChI is InChI=1S/C15H15BO2S/c1-12-3-2-4-15(11-12)19(17,18)10-9-13-5-7-14(16)8-6-13/h2-8,11H,9-10H2,1H3/i1T. The second kappa shape index (κ2) is 5.62. The molecule has 0 bridgehead atoms. The summed E-state index contributed by atoms with van der Waals surface area (Å²) in [7, 11) is 2.28. The Balaban J connectivity index is 2.12. The van der Waals surface area contributed by atoms with Crippen molar-refractivity contribution in [3.8, 4) is 0 Å². The minimum Gasteiger partial charge on any atom is -0.224 e. The van der Waals surface area contributed by atoms with Crippen LogP contribution < -0.4 is 5.46 Å². The average Bonchev–Trinajstić information content (AvgIpc) is 2.47. The molecule has 0 aliphatic heterocycles. The van der Waals surface area contributed by atoms with Crippen molar-refractivity contribution < 1.29 is 9.79 Å². The van der Waals surface area contributed by atoms with Gasteiger partial charge in [0, 0.05) is 1.37 Å². The first-order valence-corrected chi connectivity index (χ1v) is 7.62. The molecule has 0 N–H and O–H groups in total. The first kappa shape index (κ1) is 12.5. The van der Waals surface area contributed by atoms with E-state index in [-0.39, 0.29) is 17.5 Å². The molecule has 2 rings (SSSR count). The summed E-state index contributed by atoms with van der Waals surface area (Å²) in [5.74, 6) is 0.0539. The van der Waals surface area contributed by atoms with Gasteiger partial charge in [-0.2, -0.15) is 0 Å². The first-order chi connectivity index (χ1) is 9.51. The molecule has 96 valence electrons. The maximum absolute atomic E-state index is 12.3. The second-order valence-corrected chi connectivity index (χ2v) is 6.57. The molecular formula is C15H15BO2S. The van der Waals surface area contributed by atoms with E-state index in [4.69, 9.17) is 9.22 Å². The molecular weight excluding hydrogens is 255 g/mol. The fourth-order valence-electron chi connectivity index (χ4n) is 1.79. The van der Waals surface area contributed by atoms with E-state index in [1.54, 1.807) is 36.4 Å². The van der Waals surface area contributed by atoms with Gasteiger partial charge in [-0.25, -0.2) is 8.42 Å². The van der Waals surface area contributed by atoms with Gasteiger partial charge in [-0.05, 0) is 36.6 Å². The van der Waals surface area contributed by atoms with Crippen molar-refractivity contribution in [3.05, 3.63) is 59.7 Å². The third-order valence-electron chi connectivity index (χ3n) is 2.90. The Labute approximate surface area is 117 Å². The van der Waals surface area contributed by atoms with E-state index in [0.717, 1.165) is 5.56 Å². The molecule has 0 aliphatic carbocycles. The number of sulfone groups is 1. The van der Waals surface area contributed by atoms with Crippen molar-refractivity contribution in [2.24, 2.45) is 0 Å². The van der Waals surface area contributed by atoms with E-state index in [2.05, 4.69) is 0 Å². The van der Waals surface area contributed by atoms with Gasteiger partial charge >= 0.3 is 0 Å². The van der Waals surface area contributed by atoms with Gasteiger partial charge in [0.1, 0.15) is 7.85 Å². The van der Waals surface area contributed by atoms with Crippen LogP contribution in [0.3, 0.4) is 0 Å². The summed E-state index contributed by atoms with van der Waals surface area (Å²) in [6.07, 6.45) is 0.452. The van der Waals surface area contributed by atoms with E-state index in [1.807, 2.05) is 12.1 Å². The molecule has 19 heavy (non-hydrogen) atoms. The smallest absolute Gasteiger partial charge is 0.178 e. The SMILES string of the molecule is [3H]Cc1cccc(S(=O)(=O)CCc2ccc([B])cc2)c1. The summed E-state index contributed by atoms with van der Waals surface area (Å²) in [5, 5.41) is 0. The van der Waals surface area contributed by atoms with Gasteiger partial charge in [-0.1, -0.05) is 41.9 Å². The highest BCUT2D eigenvalue weighted by molar-refractivity contribution is 7.91. The Morgan fingerprint density at radius 1 is 1.16 bits per heavy atom. The Morgan fingerprint density at radius 2 is 1.89 bits per heavy atom. The van der Waals surface area contributed by atoms with Crippen molar-refractivity contribution >= 4 is 23.1 Å². The lowest BCUT2D eigenvalue weighted by Crippen LogP contribution is -2.10. The zero-order valence-electron chi connectivity index (χ0n) is 11.5. The fourth-order valence-corrected chi connectivity index (χ4v) is 3.15. The summed E-state index contributed by atoms with van der Waals surface area (Å²) in [4.78, 5) is 0.290. The maximum Gasteiger partial charge on any atom is 0.178 e. The predicted octanol–water partition coefficient (Wildman–Crippen LogP) is 1.81. The molecule has 0 saturated heterocycles. The first-order valence-electron chi connectivity index (χ1n) is 6.67. The fraction of sp³-hybridized carbons (Fsp3) is 0.200. The topological polar surface area (TPSA) is 34.1 Å². The minimum atomic E-state index is -3.32. The summed E-state index contributed by atoms with van der Waals surface area (Å²) in [6, 6.07) is 13.8. The summed E-state index contributed by atoms with van der Waals surface area (Å²) >= 11 is 0. The monoisotopic (exact) mass is 272 g/mol. The van der Waals surface area contributed by atoms with Crippen LogP contribution in [-0.2, 0) is 16.3 Å². The molecule has 0 aromatic heterocycles. The normalized spacial score (nSPS) is 12.1. The van der Waals surface area contributed by atoms with E-state index in [0.29, 0.717) is 17.4 Å². The van der Waals surface area contributed by atoms with Crippen LogP contribution in [0.1, 0.15) is 12.5 Å². The molecule has 2 radical (unpaired) electrons. The molecule has 0 saturated carbocycles. The molecule has 0 fully saturated rings. The van der Waals surface area contributed by atoms with Gasteiger partial charge in [0.15, 0.2) is 9.84 Å². The van der Waals surface area contributed by atoms with Crippen molar-refractivity contribution in [1.82, 2.24) is 0 Å². The van der Waals surface area contributed by atoms with Crippen LogP contribution in [0, 0.1) is 6.90 Å². The van der Waals surface area contributed by atoms with Crippen molar-refractivity contribution in [2.45, 2.75) is 18.2 Å². The highest BCUT2D eigenvalue weighted by atomic mass is 32.2. The highest BCUT2D eigenvalue weighted by Crippen LogP contribution is 2.14. The molecule has 2 aromatic carbocycles. The molecule has 2 aromatic rings. The number of aryl methyl sites for hydroxylation is 2. The molecule has 0 aliphatic rings. The minimum absolute atomic E-state index is 0.0539. The average molecular weight is 272 g/mol. The summed E-state index contributed by atoms with van der Waals surface area (Å²) < 4.78 is 31.8. The van der Waals surface area contributed by atoms with Crippen molar-refractivity contribution in [1.29, 1.82) is 0 Å². The number of benzene rings is 2. The van der Waals surface area contributed by atoms with Crippen LogP contribution in [0.15, 0.2) is 53.4 Å². The molecule has 0 spiro atoms. The Morgan fingerprint density at radius 3 is 2.58 bits per heavy atom. The van der Waals surface area contributed by atoms with Gasteiger partial charge in [0.25, 0.3) is 0 Å². The van der Waals surface area contributed by atoms with Gasteiger partial charge in [-0.3, -0.25) is 0 Å². The molecule has 0 atom stereocenters. The van der Waals surface area contributed by atoms with Gasteiger partial charge in [0.05, 0.1) is 10.6 Å². The zero-order chi connectivity index (χ0) is 14.6. The third kappa shape index (κ3) is 3.71. The lowest BCUT2D eigenvalue weighted by molar-refractivity contribution is 0.595. The van der Waals surface area contributed by atoms with Crippen LogP contribution in [0.5, 0.6) is 0 Å². The second-order valence-electron chi connectivity index (χ2n) is 4.46. The van der Waals surface area contributed by atoms with E-state index in [1.165, 1.54) is 0 Å². The Kier molecular flexibility index (Phi) is 3.69. The number of hydrogen-bond acceptors (Lipinski definition) is 2. The predicted molar refractivity (Wildman–Crippen MR) is 78.8 cm³/mol. The van der Waals surface area contributed by atoms with Crippen molar-refractivity contribution in [2.75, 3.05) is 5.75 Å². The van der Waals surface area contributed by atoms with Gasteiger partial charge in [0.2, 0.25) is 0 Å². The summed E-state index contributed by atoms with van der Waals surface area (Å²) in [6.45, 7) is 0.0846. The summed E-state index contributed by atoms with van der Waals surface area (Å²) in [5.41, 5.74) is 2.32. The maximum atomic E-state index is 12.3. The van der Waals surface area contributed by atoms with E-state index >= 15 is 0 Å². The lowest BCUT2D eigenvalue weighted by atomic mass is 9.95. The molecule has 4 heteroatoms. The number of hydrogen-bond donors (Lipinski definition) is 0. The third-order valence-corrected chi connectivity index (χ3v) is 4.61. The Bertz CT molecular complexity index is 681. The molecule has 0 unspecified atom stereocenters. The highest BCUT2D eigenvalue weighted by Gasteiger charge is 2.14. The Hall–Kier alpha value is -1.55. The van der Waals surface area contributed by atoms with Crippen molar-refractivity contribution in [3.63, 3.8) is 0 Å².